The number of furan rings is 4. The fourth-order valence-electron chi connectivity index (χ4n) is 11.2. The first kappa shape index (κ1) is 34.5. The number of rotatable bonds is 3. The Hall–Kier alpha value is -9.00. The molecule has 0 saturated heterocycles. The van der Waals surface area contributed by atoms with Crippen LogP contribution >= 0.6 is 0 Å². The highest BCUT2D eigenvalue weighted by Gasteiger charge is 2.24. The predicted octanol–water partition coefficient (Wildman–Crippen LogP) is 17.1. The molecule has 0 atom stereocenters. The van der Waals surface area contributed by atoms with Gasteiger partial charge in [-0.25, -0.2) is 0 Å². The molecule has 6 aromatic heterocycles. The number of aromatic nitrogens is 2. The molecule has 66 heavy (non-hydrogen) atoms. The molecule has 16 rings (SSSR count). The van der Waals surface area contributed by atoms with E-state index in [-0.39, 0.29) is 0 Å². The minimum Gasteiger partial charge on any atom is -0.456 e. The van der Waals surface area contributed by atoms with Gasteiger partial charge in [0.2, 0.25) is 0 Å². The summed E-state index contributed by atoms with van der Waals surface area (Å²) in [6.45, 7) is 0. The first-order valence-electron chi connectivity index (χ1n) is 22.3. The molecule has 0 spiro atoms. The summed E-state index contributed by atoms with van der Waals surface area (Å²) in [6.07, 6.45) is 0. The van der Waals surface area contributed by atoms with Crippen molar-refractivity contribution in [3.8, 4) is 22.5 Å². The van der Waals surface area contributed by atoms with Crippen LogP contribution in [0.4, 0.5) is 0 Å². The molecule has 6 heterocycles. The van der Waals surface area contributed by atoms with E-state index in [1.165, 1.54) is 0 Å². The van der Waals surface area contributed by atoms with Gasteiger partial charge in [0.15, 0.2) is 0 Å². The van der Waals surface area contributed by atoms with Gasteiger partial charge in [0.1, 0.15) is 44.7 Å². The minimum atomic E-state index is 0.866. The lowest BCUT2D eigenvalue weighted by Crippen LogP contribution is -1.93. The quantitative estimate of drug-likeness (QED) is 0.178. The maximum Gasteiger partial charge on any atom is 0.145 e. The van der Waals surface area contributed by atoms with E-state index in [4.69, 9.17) is 17.7 Å². The topological polar surface area (TPSA) is 62.4 Å². The second-order valence-electron chi connectivity index (χ2n) is 17.6. The van der Waals surface area contributed by atoms with Gasteiger partial charge in [-0.3, -0.25) is 0 Å². The summed E-state index contributed by atoms with van der Waals surface area (Å²) in [7, 11) is 0. The van der Waals surface area contributed by atoms with E-state index in [1.54, 1.807) is 0 Å². The smallest absolute Gasteiger partial charge is 0.145 e. The largest absolute Gasteiger partial charge is 0.456 e. The number of fused-ring (bicyclic) bond motifs is 20. The molecule has 0 aliphatic carbocycles. The van der Waals surface area contributed by atoms with E-state index in [2.05, 4.69) is 167 Å². The molecular weight excluding hydrogens is 813 g/mol. The summed E-state index contributed by atoms with van der Waals surface area (Å²) in [5, 5.41) is 13.2. The summed E-state index contributed by atoms with van der Waals surface area (Å²) in [5.74, 6) is 0. The monoisotopic (exact) mass is 844 g/mol. The average molecular weight is 845 g/mol. The predicted molar refractivity (Wildman–Crippen MR) is 270 cm³/mol. The van der Waals surface area contributed by atoms with Crippen molar-refractivity contribution in [3.63, 3.8) is 0 Å². The zero-order valence-corrected chi connectivity index (χ0v) is 35.0. The SMILES string of the molecule is c1ccc2c(c1)oc1ccc(-c3ccc4c(c3)c3c5oc6c(ccc7c6c6ccccc6n7-c6ccc7oc8ccccc8c7c6)c5ccc3n4-c3ccc4oc5ccccc5c4c3)cc12. The zero-order valence-electron chi connectivity index (χ0n) is 35.0. The third kappa shape index (κ3) is 4.49. The fraction of sp³-hybridized carbons (Fsp3) is 0. The Morgan fingerprint density at radius 1 is 0.242 bits per heavy atom. The zero-order chi connectivity index (χ0) is 42.8. The molecule has 0 amide bonds. The van der Waals surface area contributed by atoms with Crippen molar-refractivity contribution in [3.05, 3.63) is 194 Å². The molecule has 0 aliphatic rings. The first-order chi connectivity index (χ1) is 32.7. The summed E-state index contributed by atoms with van der Waals surface area (Å²) < 4.78 is 30.9. The van der Waals surface area contributed by atoms with Crippen LogP contribution in [-0.2, 0) is 0 Å². The van der Waals surface area contributed by atoms with Crippen LogP contribution in [0.3, 0.4) is 0 Å². The molecule has 6 nitrogen and oxygen atoms in total. The van der Waals surface area contributed by atoms with Crippen molar-refractivity contribution in [1.82, 2.24) is 9.13 Å². The Kier molecular flexibility index (Phi) is 6.47. The molecule has 10 aromatic carbocycles. The number of benzene rings is 10. The third-order valence-corrected chi connectivity index (χ3v) is 14.1. The highest BCUT2D eigenvalue weighted by molar-refractivity contribution is 6.29. The number of hydrogen-bond donors (Lipinski definition) is 0. The van der Waals surface area contributed by atoms with E-state index in [1.807, 2.05) is 36.4 Å². The second kappa shape index (κ2) is 12.4. The molecule has 0 fully saturated rings. The molecule has 6 heteroatoms. The van der Waals surface area contributed by atoms with E-state index < -0.39 is 0 Å². The van der Waals surface area contributed by atoms with Crippen LogP contribution in [-0.4, -0.2) is 9.13 Å². The van der Waals surface area contributed by atoms with Crippen LogP contribution < -0.4 is 0 Å². The van der Waals surface area contributed by atoms with Crippen molar-refractivity contribution in [2.24, 2.45) is 0 Å². The van der Waals surface area contributed by atoms with Gasteiger partial charge in [0.25, 0.3) is 0 Å². The Bertz CT molecular complexity index is 4780. The molecule has 0 aliphatic heterocycles. The molecule has 0 N–H and O–H groups in total. The summed E-state index contributed by atoms with van der Waals surface area (Å²) in [4.78, 5) is 0. The minimum absolute atomic E-state index is 0.866. The van der Waals surface area contributed by atoms with Crippen LogP contribution in [0.25, 0.3) is 154 Å². The van der Waals surface area contributed by atoms with Crippen molar-refractivity contribution in [1.29, 1.82) is 0 Å². The van der Waals surface area contributed by atoms with E-state index in [0.717, 1.165) is 154 Å². The molecule has 0 bridgehead atoms. The van der Waals surface area contributed by atoms with Gasteiger partial charge in [0.05, 0.1) is 32.8 Å². The Morgan fingerprint density at radius 3 is 1.20 bits per heavy atom. The van der Waals surface area contributed by atoms with Crippen LogP contribution in [0.5, 0.6) is 0 Å². The Morgan fingerprint density at radius 2 is 0.636 bits per heavy atom. The molecule has 16 aromatic rings. The second-order valence-corrected chi connectivity index (χ2v) is 17.6. The van der Waals surface area contributed by atoms with Crippen molar-refractivity contribution in [2.45, 2.75) is 0 Å². The summed E-state index contributed by atoms with van der Waals surface area (Å²) >= 11 is 0. The Labute approximate surface area is 373 Å². The summed E-state index contributed by atoms with van der Waals surface area (Å²) in [5.41, 5.74) is 15.7. The van der Waals surface area contributed by atoms with Crippen LogP contribution in [0.1, 0.15) is 0 Å². The van der Waals surface area contributed by atoms with Gasteiger partial charge in [-0.1, -0.05) is 84.9 Å². The highest BCUT2D eigenvalue weighted by atomic mass is 16.3. The van der Waals surface area contributed by atoms with Crippen molar-refractivity contribution < 1.29 is 17.7 Å². The Balaban J connectivity index is 0.984. The molecule has 0 saturated carbocycles. The normalized spacial score (nSPS) is 12.5. The van der Waals surface area contributed by atoms with Crippen molar-refractivity contribution in [2.75, 3.05) is 0 Å². The number of hydrogen-bond acceptors (Lipinski definition) is 4. The lowest BCUT2D eigenvalue weighted by atomic mass is 10.00. The van der Waals surface area contributed by atoms with Crippen LogP contribution in [0, 0.1) is 0 Å². The van der Waals surface area contributed by atoms with E-state index in [9.17, 15) is 0 Å². The lowest BCUT2D eigenvalue weighted by molar-refractivity contribution is 0.668. The highest BCUT2D eigenvalue weighted by Crippen LogP contribution is 2.46. The summed E-state index contributed by atoms with van der Waals surface area (Å²) in [6, 6.07) is 68.8. The maximum atomic E-state index is 7.40. The van der Waals surface area contributed by atoms with Gasteiger partial charge in [-0.15, -0.1) is 0 Å². The lowest BCUT2D eigenvalue weighted by Gasteiger charge is -2.09. The molecule has 0 radical (unpaired) electrons. The fourth-order valence-corrected chi connectivity index (χ4v) is 11.2. The van der Waals surface area contributed by atoms with Crippen LogP contribution in [0.15, 0.2) is 212 Å². The molecule has 0 unspecified atom stereocenters. The van der Waals surface area contributed by atoms with E-state index >= 15 is 0 Å². The standard InChI is InChI=1S/C60H32N2O4/c1-5-13-47-42(12-1)57-49(61(47)35-19-27-55-44(31-35)38-10-3-7-15-52(38)64-55)24-21-40-41-22-25-50-58(60(41)66-59(40)57)46-30-33(34-18-26-54-43(29-34)37-9-2-6-14-51(37)63-54)17-23-48(46)62(50)36-20-28-56-45(32-36)39-11-4-8-16-53(39)65-56/h1-32H. The number of para-hydroxylation sites is 4. The van der Waals surface area contributed by atoms with Gasteiger partial charge >= 0.3 is 0 Å². The van der Waals surface area contributed by atoms with Crippen LogP contribution in [0.2, 0.25) is 0 Å². The number of nitrogens with zero attached hydrogens (tertiary/aromatic N) is 2. The van der Waals surface area contributed by atoms with Crippen molar-refractivity contribution >= 4 is 131 Å². The molecular formula is C60H32N2O4. The van der Waals surface area contributed by atoms with Gasteiger partial charge in [-0.2, -0.15) is 0 Å². The van der Waals surface area contributed by atoms with E-state index in [0.29, 0.717) is 0 Å². The van der Waals surface area contributed by atoms with Gasteiger partial charge in [-0.05, 0) is 120 Å². The molecule has 306 valence electrons. The van der Waals surface area contributed by atoms with Gasteiger partial charge < -0.3 is 26.8 Å². The van der Waals surface area contributed by atoms with Gasteiger partial charge in [0, 0.05) is 65.2 Å². The first-order valence-corrected chi connectivity index (χ1v) is 22.3. The maximum absolute atomic E-state index is 7.40. The third-order valence-electron chi connectivity index (χ3n) is 14.1. The average Bonchev–Trinajstić information content (AvgIpc) is 4.22.